The normalized spacial score (nSPS) is 11.3. The molecule has 0 bridgehead atoms. The van der Waals surface area contributed by atoms with Crippen molar-refractivity contribution in [1.82, 2.24) is 24.5 Å². The Morgan fingerprint density at radius 2 is 1.83 bits per heavy atom. The van der Waals surface area contributed by atoms with Gasteiger partial charge in [-0.25, -0.2) is 18.4 Å². The number of nitrogens with one attached hydrogen (secondary N) is 1. The highest BCUT2D eigenvalue weighted by Gasteiger charge is 2.27. The molecule has 2 amide bonds. The van der Waals surface area contributed by atoms with Crippen LogP contribution < -0.4 is 20.5 Å². The van der Waals surface area contributed by atoms with Gasteiger partial charge >= 0.3 is 0 Å². The number of nitrogens with two attached hydrogens (primary N) is 1. The Balaban J connectivity index is 1.49. The molecule has 0 saturated carbocycles. The number of ether oxygens (including phenoxy) is 2. The maximum absolute atomic E-state index is 13.8. The minimum absolute atomic E-state index is 0.0265. The topological polar surface area (TPSA) is 139 Å². The number of halogens is 2. The second-order valence-corrected chi connectivity index (χ2v) is 9.87. The smallest absolute Gasteiger partial charge is 0.280 e. The van der Waals surface area contributed by atoms with Gasteiger partial charge in [0.15, 0.2) is 12.4 Å². The van der Waals surface area contributed by atoms with Crippen LogP contribution >= 0.6 is 11.3 Å². The third-order valence-corrected chi connectivity index (χ3v) is 7.32. The SMILES string of the molecule is CCn1cc(-c2cc(C(F)F)nc3sc(C(N)=O)c(NC(=O)c4ccn(COc5ccc(OC)cc5)n4)c23)c(C)n1. The molecule has 0 atom stereocenters. The number of hydrogen-bond donors (Lipinski definition) is 2. The van der Waals surface area contributed by atoms with E-state index in [-0.39, 0.29) is 27.8 Å². The number of aromatic nitrogens is 5. The molecule has 0 aliphatic rings. The monoisotopic (exact) mass is 581 g/mol. The Kier molecular flexibility index (Phi) is 7.66. The number of alkyl halides is 2. The van der Waals surface area contributed by atoms with Gasteiger partial charge in [-0.3, -0.25) is 14.3 Å². The molecule has 5 rings (SSSR count). The molecule has 0 aliphatic carbocycles. The van der Waals surface area contributed by atoms with Crippen LogP contribution in [0.5, 0.6) is 11.5 Å². The van der Waals surface area contributed by atoms with Crippen molar-refractivity contribution in [2.24, 2.45) is 5.73 Å². The van der Waals surface area contributed by atoms with Gasteiger partial charge in [0, 0.05) is 29.9 Å². The third-order valence-electron chi connectivity index (χ3n) is 6.22. The average Bonchev–Trinajstić information content (AvgIpc) is 3.68. The van der Waals surface area contributed by atoms with Crippen LogP contribution in [0.4, 0.5) is 14.5 Å². The van der Waals surface area contributed by atoms with Gasteiger partial charge in [-0.2, -0.15) is 10.2 Å². The number of primary amides is 1. The fourth-order valence-corrected chi connectivity index (χ4v) is 5.24. The Morgan fingerprint density at radius 1 is 1.10 bits per heavy atom. The quantitative estimate of drug-likeness (QED) is 0.236. The first-order valence-electron chi connectivity index (χ1n) is 12.4. The predicted octanol–water partition coefficient (Wildman–Crippen LogP) is 5.02. The lowest BCUT2D eigenvalue weighted by Gasteiger charge is -2.10. The van der Waals surface area contributed by atoms with Crippen molar-refractivity contribution >= 4 is 39.1 Å². The zero-order chi connectivity index (χ0) is 29.3. The maximum atomic E-state index is 13.8. The summed E-state index contributed by atoms with van der Waals surface area (Å²) in [5, 5.41) is 11.7. The van der Waals surface area contributed by atoms with Crippen molar-refractivity contribution in [3.63, 3.8) is 0 Å². The van der Waals surface area contributed by atoms with Gasteiger partial charge < -0.3 is 20.5 Å². The van der Waals surface area contributed by atoms with Crippen LogP contribution in [0.1, 0.15) is 44.9 Å². The molecule has 0 spiro atoms. The number of methoxy groups -OCH3 is 1. The van der Waals surface area contributed by atoms with E-state index in [4.69, 9.17) is 15.2 Å². The van der Waals surface area contributed by atoms with Crippen LogP contribution in [0, 0.1) is 6.92 Å². The van der Waals surface area contributed by atoms with E-state index in [1.165, 1.54) is 16.8 Å². The lowest BCUT2D eigenvalue weighted by molar-refractivity contribution is 0.100. The first-order chi connectivity index (χ1) is 19.7. The zero-order valence-electron chi connectivity index (χ0n) is 22.2. The van der Waals surface area contributed by atoms with Crippen LogP contribution in [0.2, 0.25) is 0 Å². The number of hydrogen-bond acceptors (Lipinski definition) is 8. The lowest BCUT2D eigenvalue weighted by Crippen LogP contribution is -2.17. The minimum Gasteiger partial charge on any atom is -0.497 e. The summed E-state index contributed by atoms with van der Waals surface area (Å²) in [7, 11) is 1.57. The maximum Gasteiger partial charge on any atom is 0.280 e. The Hall–Kier alpha value is -4.85. The summed E-state index contributed by atoms with van der Waals surface area (Å²) >= 11 is 0.826. The van der Waals surface area contributed by atoms with E-state index >= 15 is 0 Å². The number of nitrogens with zero attached hydrogens (tertiary/aromatic N) is 5. The van der Waals surface area contributed by atoms with Crippen LogP contribution in [0.15, 0.2) is 48.8 Å². The van der Waals surface area contributed by atoms with E-state index < -0.39 is 23.9 Å². The van der Waals surface area contributed by atoms with Gasteiger partial charge in [-0.15, -0.1) is 11.3 Å². The zero-order valence-corrected chi connectivity index (χ0v) is 23.0. The highest BCUT2D eigenvalue weighted by molar-refractivity contribution is 7.21. The van der Waals surface area contributed by atoms with Gasteiger partial charge in [0.05, 0.1) is 18.5 Å². The van der Waals surface area contributed by atoms with E-state index in [1.54, 1.807) is 55.4 Å². The number of carbonyl (C=O) groups excluding carboxylic acids is 2. The molecule has 4 heterocycles. The Morgan fingerprint density at radius 3 is 2.46 bits per heavy atom. The van der Waals surface area contributed by atoms with Crippen molar-refractivity contribution < 1.29 is 27.8 Å². The number of carbonyl (C=O) groups is 2. The van der Waals surface area contributed by atoms with Crippen LogP contribution in [-0.4, -0.2) is 43.5 Å². The average molecular weight is 582 g/mol. The van der Waals surface area contributed by atoms with Crippen molar-refractivity contribution in [2.75, 3.05) is 12.4 Å². The van der Waals surface area contributed by atoms with E-state index in [2.05, 4.69) is 20.5 Å². The van der Waals surface area contributed by atoms with E-state index in [9.17, 15) is 18.4 Å². The molecule has 1 aromatic carbocycles. The molecule has 5 aromatic rings. The Labute approximate surface area is 236 Å². The molecular formula is C27H25F2N7O4S. The second-order valence-electron chi connectivity index (χ2n) is 8.87. The van der Waals surface area contributed by atoms with Crippen molar-refractivity contribution in [1.29, 1.82) is 0 Å². The summed E-state index contributed by atoms with van der Waals surface area (Å²) in [5.41, 5.74) is 6.76. The van der Waals surface area contributed by atoms with E-state index in [1.807, 2.05) is 6.92 Å². The van der Waals surface area contributed by atoms with Crippen LogP contribution in [0.25, 0.3) is 21.3 Å². The van der Waals surface area contributed by atoms with Crippen LogP contribution in [0.3, 0.4) is 0 Å². The fraction of sp³-hybridized carbons (Fsp3) is 0.222. The molecule has 3 N–H and O–H groups in total. The minimum atomic E-state index is -2.86. The van der Waals surface area contributed by atoms with E-state index in [0.29, 0.717) is 40.3 Å². The molecule has 0 radical (unpaired) electrons. The molecule has 0 fully saturated rings. The second kappa shape index (κ2) is 11.3. The molecule has 41 heavy (non-hydrogen) atoms. The van der Waals surface area contributed by atoms with Gasteiger partial charge in [-0.05, 0) is 55.8 Å². The number of aryl methyl sites for hydroxylation is 2. The third kappa shape index (κ3) is 5.59. The van der Waals surface area contributed by atoms with E-state index in [0.717, 1.165) is 11.3 Å². The summed E-state index contributed by atoms with van der Waals surface area (Å²) in [4.78, 5) is 29.9. The molecule has 11 nitrogen and oxygen atoms in total. The highest BCUT2D eigenvalue weighted by Crippen LogP contribution is 2.43. The number of anilines is 1. The first-order valence-corrected chi connectivity index (χ1v) is 13.2. The largest absolute Gasteiger partial charge is 0.497 e. The van der Waals surface area contributed by atoms with Crippen molar-refractivity contribution in [2.45, 2.75) is 33.5 Å². The van der Waals surface area contributed by atoms with Gasteiger partial charge in [-0.1, -0.05) is 0 Å². The number of pyridine rings is 1. The number of rotatable bonds is 10. The highest BCUT2D eigenvalue weighted by atomic mass is 32.1. The molecule has 0 aliphatic heterocycles. The molecule has 212 valence electrons. The number of amides is 2. The number of thiophene rings is 1. The lowest BCUT2D eigenvalue weighted by atomic mass is 10.0. The molecule has 0 saturated heterocycles. The van der Waals surface area contributed by atoms with Gasteiger partial charge in [0.1, 0.15) is 26.9 Å². The van der Waals surface area contributed by atoms with Gasteiger partial charge in [0.25, 0.3) is 18.2 Å². The standard InChI is InChI=1S/C27H25F2N7O4S/c1-4-35-12-18(14(2)33-35)17-11-20(24(28)29)31-27-21(17)22(23(41-27)25(30)37)32-26(38)19-9-10-36(34-19)13-40-16-7-5-15(39-3)6-8-16/h5-12,24H,4,13H2,1-3H3,(H2,30,37)(H,32,38). The first kappa shape index (κ1) is 27.7. The molecule has 4 aromatic heterocycles. The van der Waals surface area contributed by atoms with Crippen LogP contribution in [-0.2, 0) is 13.3 Å². The number of benzene rings is 1. The Bertz CT molecular complexity index is 1740. The summed E-state index contributed by atoms with van der Waals surface area (Å²) in [6.45, 7) is 4.22. The summed E-state index contributed by atoms with van der Waals surface area (Å²) in [6, 6.07) is 9.70. The molecular weight excluding hydrogens is 556 g/mol. The van der Waals surface area contributed by atoms with Crippen molar-refractivity contribution in [3.8, 4) is 22.6 Å². The van der Waals surface area contributed by atoms with Gasteiger partial charge in [0.2, 0.25) is 0 Å². The predicted molar refractivity (Wildman–Crippen MR) is 149 cm³/mol. The number of fused-ring (bicyclic) bond motifs is 1. The molecule has 0 unspecified atom stereocenters. The molecule has 14 heteroatoms. The summed E-state index contributed by atoms with van der Waals surface area (Å²) in [6.07, 6.45) is 0.418. The summed E-state index contributed by atoms with van der Waals surface area (Å²) in [5.74, 6) is -0.217. The summed E-state index contributed by atoms with van der Waals surface area (Å²) < 4.78 is 41.5. The van der Waals surface area contributed by atoms with Crippen molar-refractivity contribution in [3.05, 3.63) is 70.8 Å². The fourth-order valence-electron chi connectivity index (χ4n) is 4.22.